The van der Waals surface area contributed by atoms with Crippen LogP contribution in [0, 0.1) is 11.8 Å². The smallest absolute Gasteiger partial charge is 0.318 e. The minimum Gasteiger partial charge on any atom is -0.388 e. The van der Waals surface area contributed by atoms with Gasteiger partial charge in [-0.15, -0.1) is 0 Å². The first-order chi connectivity index (χ1) is 28.8. The fourth-order valence-electron chi connectivity index (χ4n) is 6.77. The van der Waals surface area contributed by atoms with Crippen molar-refractivity contribution in [3.05, 3.63) is 132 Å². The fraction of sp³-hybridized carbons (Fsp3) is 0.435. The van der Waals surface area contributed by atoms with E-state index in [0.29, 0.717) is 24.2 Å². The van der Waals surface area contributed by atoms with Gasteiger partial charge in [-0.3, -0.25) is 19.6 Å². The van der Waals surface area contributed by atoms with Crippen LogP contribution in [0.1, 0.15) is 63.1 Å². The molecular formula is C46H62N8O6. The Morgan fingerprint density at radius 1 is 0.550 bits per heavy atom. The van der Waals surface area contributed by atoms with Crippen LogP contribution >= 0.6 is 0 Å². The number of hydrogen-bond acceptors (Lipinski definition) is 8. The van der Waals surface area contributed by atoms with E-state index in [1.54, 1.807) is 50.8 Å². The number of aliphatic hydroxyl groups is 2. The molecule has 0 saturated carbocycles. The van der Waals surface area contributed by atoms with Gasteiger partial charge in [-0.05, 0) is 60.1 Å². The van der Waals surface area contributed by atoms with Crippen LogP contribution < -0.4 is 21.3 Å². The summed E-state index contributed by atoms with van der Waals surface area (Å²) < 4.78 is 0. The van der Waals surface area contributed by atoms with Crippen molar-refractivity contribution < 1.29 is 29.4 Å². The van der Waals surface area contributed by atoms with Crippen LogP contribution in [0.2, 0.25) is 0 Å². The van der Waals surface area contributed by atoms with Crippen LogP contribution in [0.15, 0.2) is 109 Å². The maximum absolute atomic E-state index is 14.2. The first-order valence-corrected chi connectivity index (χ1v) is 20.7. The number of amides is 6. The fourth-order valence-corrected chi connectivity index (χ4v) is 6.77. The van der Waals surface area contributed by atoms with Crippen LogP contribution in [-0.4, -0.2) is 104 Å². The number of rotatable bonds is 21. The molecule has 4 unspecified atom stereocenters. The highest BCUT2D eigenvalue weighted by Crippen LogP contribution is 2.18. The summed E-state index contributed by atoms with van der Waals surface area (Å²) in [7, 11) is 3.24. The lowest BCUT2D eigenvalue weighted by atomic mass is 9.89. The van der Waals surface area contributed by atoms with Crippen LogP contribution in [0.3, 0.4) is 0 Å². The van der Waals surface area contributed by atoms with E-state index in [-0.39, 0.29) is 37.8 Å². The molecule has 6 N–H and O–H groups in total. The second-order valence-electron chi connectivity index (χ2n) is 15.6. The van der Waals surface area contributed by atoms with E-state index in [0.717, 1.165) is 11.1 Å². The van der Waals surface area contributed by atoms with E-state index in [9.17, 15) is 29.4 Å². The Bertz CT molecular complexity index is 1770. The molecule has 0 bridgehead atoms. The van der Waals surface area contributed by atoms with Crippen molar-refractivity contribution in [2.75, 3.05) is 14.1 Å². The Kier molecular flexibility index (Phi) is 18.5. The van der Waals surface area contributed by atoms with Crippen molar-refractivity contribution in [1.82, 2.24) is 41.0 Å². The van der Waals surface area contributed by atoms with Gasteiger partial charge >= 0.3 is 12.1 Å². The zero-order chi connectivity index (χ0) is 43.6. The topological polar surface area (TPSA) is 189 Å². The molecule has 14 heteroatoms. The summed E-state index contributed by atoms with van der Waals surface area (Å²) in [5.41, 5.74) is 2.93. The van der Waals surface area contributed by atoms with Crippen LogP contribution in [0.25, 0.3) is 0 Å². The summed E-state index contributed by atoms with van der Waals surface area (Å²) in [6.07, 6.45) is 1.49. The molecule has 2 heterocycles. The van der Waals surface area contributed by atoms with Gasteiger partial charge in [-0.25, -0.2) is 9.59 Å². The van der Waals surface area contributed by atoms with Crippen molar-refractivity contribution >= 4 is 23.9 Å². The van der Waals surface area contributed by atoms with E-state index in [2.05, 4.69) is 31.2 Å². The van der Waals surface area contributed by atoms with Crippen molar-refractivity contribution in [3.63, 3.8) is 0 Å². The van der Waals surface area contributed by atoms with Gasteiger partial charge in [0, 0.05) is 26.5 Å². The number of nitrogens with zero attached hydrogens (tertiary/aromatic N) is 4. The average molecular weight is 823 g/mol. The molecule has 0 aliphatic heterocycles. The zero-order valence-electron chi connectivity index (χ0n) is 35.6. The third kappa shape index (κ3) is 14.2. The SMILES string of the molecule is CC[C@H](C)[C@H](NC(=O)N(C)Cc1ccccn1)C(=O)NC(Cc1ccccc1)C(O)C(O)C(Cc1ccccc1)NC(=O)[C@@H](NC(=O)N(C)Cc1ccccn1)[C@@H](C)CC. The summed E-state index contributed by atoms with van der Waals surface area (Å²) in [6, 6.07) is 24.3. The Morgan fingerprint density at radius 2 is 0.900 bits per heavy atom. The number of carbonyl (C=O) groups is 4. The predicted octanol–water partition coefficient (Wildman–Crippen LogP) is 4.47. The summed E-state index contributed by atoms with van der Waals surface area (Å²) in [5.74, 6) is -1.65. The normalized spacial score (nSPS) is 15.1. The first-order valence-electron chi connectivity index (χ1n) is 20.7. The van der Waals surface area contributed by atoms with Crippen molar-refractivity contribution in [1.29, 1.82) is 0 Å². The van der Waals surface area contributed by atoms with E-state index in [4.69, 9.17) is 0 Å². The minimum atomic E-state index is -1.59. The second kappa shape index (κ2) is 23.7. The predicted molar refractivity (Wildman–Crippen MR) is 231 cm³/mol. The highest BCUT2D eigenvalue weighted by molar-refractivity contribution is 5.88. The molecule has 2 aromatic carbocycles. The number of carbonyl (C=O) groups excluding carboxylic acids is 4. The molecule has 2 aromatic heterocycles. The second-order valence-corrected chi connectivity index (χ2v) is 15.6. The number of hydrogen-bond donors (Lipinski definition) is 6. The van der Waals surface area contributed by atoms with Crippen LogP contribution in [0.4, 0.5) is 9.59 Å². The van der Waals surface area contributed by atoms with E-state index < -0.39 is 60.3 Å². The third-order valence-electron chi connectivity index (χ3n) is 10.9. The Hall–Kier alpha value is -5.86. The van der Waals surface area contributed by atoms with Crippen molar-refractivity contribution in [2.24, 2.45) is 11.8 Å². The van der Waals surface area contributed by atoms with Crippen molar-refractivity contribution in [2.45, 2.75) is 103 Å². The monoisotopic (exact) mass is 822 g/mol. The molecule has 60 heavy (non-hydrogen) atoms. The van der Waals surface area contributed by atoms with Gasteiger partial charge in [0.25, 0.3) is 0 Å². The van der Waals surface area contributed by atoms with Crippen molar-refractivity contribution in [3.8, 4) is 0 Å². The van der Waals surface area contributed by atoms with Crippen LogP contribution in [-0.2, 0) is 35.5 Å². The van der Waals surface area contributed by atoms with Gasteiger partial charge in [0.05, 0.1) is 36.6 Å². The molecule has 0 saturated heterocycles. The lowest BCUT2D eigenvalue weighted by molar-refractivity contribution is -0.129. The van der Waals surface area contributed by atoms with Gasteiger partial charge in [0.15, 0.2) is 0 Å². The molecule has 0 aliphatic carbocycles. The van der Waals surface area contributed by atoms with Gasteiger partial charge in [0.1, 0.15) is 24.3 Å². The quantitative estimate of drug-likeness (QED) is 0.0711. The molecule has 4 rings (SSSR count). The Labute approximate surface area is 354 Å². The molecule has 0 radical (unpaired) electrons. The minimum absolute atomic E-state index is 0.131. The van der Waals surface area contributed by atoms with Gasteiger partial charge < -0.3 is 41.3 Å². The average Bonchev–Trinajstić information content (AvgIpc) is 3.26. The molecule has 6 amide bonds. The van der Waals surface area contributed by atoms with E-state index in [1.165, 1.54) is 9.80 Å². The van der Waals surface area contributed by atoms with E-state index in [1.807, 2.05) is 100 Å². The first kappa shape index (κ1) is 46.8. The standard InChI is InChI=1S/C46H62N8O6/c1-7-31(3)39(51-45(59)53(5)29-35-23-15-17-25-47-35)43(57)49-37(27-33-19-11-9-12-20-33)41(55)42(56)38(28-34-21-13-10-14-22-34)50-44(58)40(32(4)8-2)52-46(60)54(6)30-36-24-16-18-26-48-36/h9-26,31-32,37-42,55-56H,7-8,27-30H2,1-6H3,(H,49,57)(H,50,58)(H,51,59)(H,52,60)/t31-,32-,37?,38?,39-,40-,41?,42?/m0/s1. The third-order valence-corrected chi connectivity index (χ3v) is 10.9. The number of aliphatic hydroxyl groups excluding tert-OH is 2. The number of nitrogens with one attached hydrogen (secondary N) is 4. The summed E-state index contributed by atoms with van der Waals surface area (Å²) >= 11 is 0. The molecule has 0 fully saturated rings. The molecular weight excluding hydrogens is 761 g/mol. The summed E-state index contributed by atoms with van der Waals surface area (Å²) in [6.45, 7) is 7.99. The maximum atomic E-state index is 14.2. The number of urea groups is 2. The molecule has 0 spiro atoms. The molecule has 14 nitrogen and oxygen atoms in total. The van der Waals surface area contributed by atoms with Gasteiger partial charge in [-0.2, -0.15) is 0 Å². The summed E-state index contributed by atoms with van der Waals surface area (Å²) in [5, 5.41) is 35.9. The van der Waals surface area contributed by atoms with Gasteiger partial charge in [-0.1, -0.05) is 113 Å². The largest absolute Gasteiger partial charge is 0.388 e. The Balaban J connectivity index is 1.59. The molecule has 322 valence electrons. The molecule has 4 aromatic rings. The van der Waals surface area contributed by atoms with E-state index >= 15 is 0 Å². The number of benzene rings is 2. The maximum Gasteiger partial charge on any atom is 0.318 e. The number of aromatic nitrogens is 2. The highest BCUT2D eigenvalue weighted by Gasteiger charge is 2.38. The molecule has 0 aliphatic rings. The Morgan fingerprint density at radius 3 is 1.22 bits per heavy atom. The van der Waals surface area contributed by atoms with Crippen LogP contribution in [0.5, 0.6) is 0 Å². The number of pyridine rings is 2. The lowest BCUT2D eigenvalue weighted by Gasteiger charge is -2.35. The lowest BCUT2D eigenvalue weighted by Crippen LogP contribution is -2.62. The molecule has 8 atom stereocenters. The zero-order valence-corrected chi connectivity index (χ0v) is 35.6. The highest BCUT2D eigenvalue weighted by atomic mass is 16.3. The summed E-state index contributed by atoms with van der Waals surface area (Å²) in [4.78, 5) is 66.8. The van der Waals surface area contributed by atoms with Gasteiger partial charge in [0.2, 0.25) is 11.8 Å².